The van der Waals surface area contributed by atoms with E-state index in [9.17, 15) is 4.79 Å². The van der Waals surface area contributed by atoms with Gasteiger partial charge in [0.2, 0.25) is 0 Å². The SMILES string of the molecule is O=C(Nc1ccc(N2CCCC2)c(Cl)c1)Nc1cnn(CCO)c1. The standard InChI is InChI=1S/C16H20ClN5O2/c17-14-9-12(3-4-15(14)21-5-1-2-6-21)19-16(24)20-13-10-18-22(11-13)7-8-23/h3-4,9-11,23H,1-2,5-8H2,(H2,19,20,24). The van der Waals surface area contributed by atoms with Crippen molar-refractivity contribution in [1.29, 1.82) is 0 Å². The average molecular weight is 350 g/mol. The molecule has 0 spiro atoms. The maximum atomic E-state index is 12.0. The van der Waals surface area contributed by atoms with Crippen LogP contribution < -0.4 is 15.5 Å². The average Bonchev–Trinajstić information content (AvgIpc) is 3.20. The maximum Gasteiger partial charge on any atom is 0.323 e. The Labute approximate surface area is 145 Å². The van der Waals surface area contributed by atoms with Crippen molar-refractivity contribution in [2.24, 2.45) is 0 Å². The smallest absolute Gasteiger partial charge is 0.323 e. The van der Waals surface area contributed by atoms with Gasteiger partial charge in [0.05, 0.1) is 35.7 Å². The van der Waals surface area contributed by atoms with Crippen LogP contribution in [0, 0.1) is 0 Å². The van der Waals surface area contributed by atoms with E-state index in [-0.39, 0.29) is 12.6 Å². The first-order valence-electron chi connectivity index (χ1n) is 7.91. The fourth-order valence-corrected chi connectivity index (χ4v) is 3.05. The summed E-state index contributed by atoms with van der Waals surface area (Å²) < 4.78 is 1.55. The molecule has 3 N–H and O–H groups in total. The van der Waals surface area contributed by atoms with Crippen LogP contribution in [-0.2, 0) is 6.54 Å². The van der Waals surface area contributed by atoms with E-state index in [0.717, 1.165) is 18.8 Å². The predicted octanol–water partition coefficient (Wildman–Crippen LogP) is 2.77. The minimum atomic E-state index is -0.372. The van der Waals surface area contributed by atoms with Crippen LogP contribution >= 0.6 is 11.6 Å². The predicted molar refractivity (Wildman–Crippen MR) is 94.9 cm³/mol. The molecule has 7 nitrogen and oxygen atoms in total. The minimum absolute atomic E-state index is 0.00478. The number of halogens is 1. The largest absolute Gasteiger partial charge is 0.394 e. The molecule has 0 atom stereocenters. The summed E-state index contributed by atoms with van der Waals surface area (Å²) >= 11 is 6.34. The molecule has 0 aliphatic carbocycles. The van der Waals surface area contributed by atoms with Crippen molar-refractivity contribution in [2.75, 3.05) is 35.2 Å². The molecule has 1 fully saturated rings. The molecule has 128 valence electrons. The zero-order valence-electron chi connectivity index (χ0n) is 13.2. The maximum absolute atomic E-state index is 12.0. The number of benzene rings is 1. The van der Waals surface area contributed by atoms with Crippen LogP contribution in [-0.4, -0.2) is 40.6 Å². The van der Waals surface area contributed by atoms with Crippen LogP contribution in [0.1, 0.15) is 12.8 Å². The number of carbonyl (C=O) groups is 1. The summed E-state index contributed by atoms with van der Waals surface area (Å²) in [6.45, 7) is 2.42. The van der Waals surface area contributed by atoms with E-state index < -0.39 is 0 Å². The van der Waals surface area contributed by atoms with Gasteiger partial charge in [0.25, 0.3) is 0 Å². The summed E-state index contributed by atoms with van der Waals surface area (Å²) in [7, 11) is 0. The summed E-state index contributed by atoms with van der Waals surface area (Å²) in [5, 5.41) is 19.0. The lowest BCUT2D eigenvalue weighted by Crippen LogP contribution is -2.20. The van der Waals surface area contributed by atoms with Crippen LogP contribution in [0.25, 0.3) is 0 Å². The number of amides is 2. The van der Waals surface area contributed by atoms with Gasteiger partial charge >= 0.3 is 6.03 Å². The first kappa shape index (κ1) is 16.6. The molecule has 1 aromatic carbocycles. The number of nitrogens with one attached hydrogen (secondary N) is 2. The summed E-state index contributed by atoms with van der Waals surface area (Å²) in [4.78, 5) is 14.3. The Morgan fingerprint density at radius 3 is 2.71 bits per heavy atom. The molecule has 8 heteroatoms. The van der Waals surface area contributed by atoms with Crippen molar-refractivity contribution < 1.29 is 9.90 Å². The highest BCUT2D eigenvalue weighted by molar-refractivity contribution is 6.33. The first-order valence-corrected chi connectivity index (χ1v) is 8.29. The minimum Gasteiger partial charge on any atom is -0.394 e. The number of hydrogen-bond acceptors (Lipinski definition) is 4. The number of nitrogens with zero attached hydrogens (tertiary/aromatic N) is 3. The Morgan fingerprint density at radius 2 is 2.00 bits per heavy atom. The van der Waals surface area contributed by atoms with Crippen molar-refractivity contribution in [3.8, 4) is 0 Å². The highest BCUT2D eigenvalue weighted by atomic mass is 35.5. The molecule has 0 radical (unpaired) electrons. The zero-order valence-corrected chi connectivity index (χ0v) is 14.0. The summed E-state index contributed by atoms with van der Waals surface area (Å²) in [6, 6.07) is 5.16. The monoisotopic (exact) mass is 349 g/mol. The van der Waals surface area contributed by atoms with Gasteiger partial charge in [-0.3, -0.25) is 4.68 Å². The van der Waals surface area contributed by atoms with Gasteiger partial charge < -0.3 is 20.6 Å². The number of aliphatic hydroxyl groups is 1. The number of aliphatic hydroxyl groups excluding tert-OH is 1. The molecule has 2 heterocycles. The quantitative estimate of drug-likeness (QED) is 0.775. The lowest BCUT2D eigenvalue weighted by atomic mass is 10.2. The van der Waals surface area contributed by atoms with Gasteiger partial charge in [-0.2, -0.15) is 5.10 Å². The molecular weight excluding hydrogens is 330 g/mol. The number of aromatic nitrogens is 2. The molecule has 1 saturated heterocycles. The third-order valence-electron chi connectivity index (χ3n) is 3.87. The topological polar surface area (TPSA) is 82.4 Å². The molecule has 0 saturated carbocycles. The van der Waals surface area contributed by atoms with Gasteiger partial charge in [0, 0.05) is 25.0 Å². The van der Waals surface area contributed by atoms with E-state index >= 15 is 0 Å². The Morgan fingerprint density at radius 1 is 1.25 bits per heavy atom. The van der Waals surface area contributed by atoms with Crippen molar-refractivity contribution >= 4 is 34.7 Å². The van der Waals surface area contributed by atoms with Crippen molar-refractivity contribution in [3.63, 3.8) is 0 Å². The van der Waals surface area contributed by atoms with E-state index in [2.05, 4.69) is 20.6 Å². The van der Waals surface area contributed by atoms with Gasteiger partial charge in [-0.15, -0.1) is 0 Å². The second-order valence-electron chi connectivity index (χ2n) is 5.66. The Hall–Kier alpha value is -2.25. The fraction of sp³-hybridized carbons (Fsp3) is 0.375. The number of hydrogen-bond donors (Lipinski definition) is 3. The van der Waals surface area contributed by atoms with Crippen LogP contribution in [0.3, 0.4) is 0 Å². The normalized spacial score (nSPS) is 14.0. The molecule has 1 aromatic heterocycles. The number of anilines is 3. The fourth-order valence-electron chi connectivity index (χ4n) is 2.75. The molecule has 2 amide bonds. The Kier molecular flexibility index (Phi) is 5.22. The highest BCUT2D eigenvalue weighted by Gasteiger charge is 2.15. The summed E-state index contributed by atoms with van der Waals surface area (Å²) in [5.74, 6) is 0. The number of carbonyl (C=O) groups excluding carboxylic acids is 1. The molecule has 1 aliphatic heterocycles. The molecule has 24 heavy (non-hydrogen) atoms. The third-order valence-corrected chi connectivity index (χ3v) is 4.18. The van der Waals surface area contributed by atoms with Crippen molar-refractivity contribution in [2.45, 2.75) is 19.4 Å². The van der Waals surface area contributed by atoms with Crippen molar-refractivity contribution in [1.82, 2.24) is 9.78 Å². The Balaban J connectivity index is 1.60. The lowest BCUT2D eigenvalue weighted by molar-refractivity contribution is 0.262. The third kappa shape index (κ3) is 3.98. The zero-order chi connectivity index (χ0) is 16.9. The Bertz CT molecular complexity index is 712. The number of urea groups is 1. The van der Waals surface area contributed by atoms with Crippen LogP contribution in [0.5, 0.6) is 0 Å². The first-order chi connectivity index (χ1) is 11.7. The van der Waals surface area contributed by atoms with Crippen LogP contribution in [0.4, 0.5) is 21.9 Å². The summed E-state index contributed by atoms with van der Waals surface area (Å²) in [6.07, 6.45) is 5.54. The van der Waals surface area contributed by atoms with E-state index in [4.69, 9.17) is 16.7 Å². The summed E-state index contributed by atoms with van der Waals surface area (Å²) in [5.41, 5.74) is 2.19. The highest BCUT2D eigenvalue weighted by Crippen LogP contribution is 2.31. The van der Waals surface area contributed by atoms with Gasteiger partial charge in [0.1, 0.15) is 0 Å². The van der Waals surface area contributed by atoms with Crippen LogP contribution in [0.15, 0.2) is 30.6 Å². The van der Waals surface area contributed by atoms with Crippen LogP contribution in [0.2, 0.25) is 5.02 Å². The second-order valence-corrected chi connectivity index (χ2v) is 6.06. The number of rotatable bonds is 5. The molecule has 2 aromatic rings. The molecule has 1 aliphatic rings. The van der Waals surface area contributed by atoms with E-state index in [1.165, 1.54) is 19.0 Å². The van der Waals surface area contributed by atoms with E-state index in [1.807, 2.05) is 12.1 Å². The van der Waals surface area contributed by atoms with Gasteiger partial charge in [-0.05, 0) is 31.0 Å². The van der Waals surface area contributed by atoms with Crippen molar-refractivity contribution in [3.05, 3.63) is 35.6 Å². The van der Waals surface area contributed by atoms with Gasteiger partial charge in [-0.25, -0.2) is 4.79 Å². The molecule has 0 bridgehead atoms. The second kappa shape index (κ2) is 7.55. The van der Waals surface area contributed by atoms with Gasteiger partial charge in [-0.1, -0.05) is 11.6 Å². The molecule has 3 rings (SSSR count). The molecular formula is C16H20ClN5O2. The van der Waals surface area contributed by atoms with E-state index in [1.54, 1.807) is 16.9 Å². The van der Waals surface area contributed by atoms with Gasteiger partial charge in [0.15, 0.2) is 0 Å². The lowest BCUT2D eigenvalue weighted by Gasteiger charge is -2.19. The van der Waals surface area contributed by atoms with E-state index in [0.29, 0.717) is 22.9 Å². The molecule has 0 unspecified atom stereocenters.